The zero-order valence-electron chi connectivity index (χ0n) is 19.1. The monoisotopic (exact) mass is 436 g/mol. The van der Waals surface area contributed by atoms with Crippen molar-refractivity contribution in [1.82, 2.24) is 28.5 Å². The molecule has 0 bridgehead atoms. The summed E-state index contributed by atoms with van der Waals surface area (Å²) in [5.74, 6) is 0.501. The maximum atomic E-state index is 13.5. The van der Waals surface area contributed by atoms with Crippen molar-refractivity contribution in [2.45, 2.75) is 40.8 Å². The van der Waals surface area contributed by atoms with Gasteiger partial charge in [0, 0.05) is 19.3 Å². The highest BCUT2D eigenvalue weighted by Crippen LogP contribution is 2.19. The Morgan fingerprint density at radius 2 is 1.75 bits per heavy atom. The number of aryl methyl sites for hydroxylation is 4. The van der Waals surface area contributed by atoms with Crippen LogP contribution >= 0.6 is 0 Å². The van der Waals surface area contributed by atoms with E-state index >= 15 is 0 Å². The largest absolute Gasteiger partial charge is 0.380 e. The first-order valence-electron chi connectivity index (χ1n) is 10.7. The van der Waals surface area contributed by atoms with Gasteiger partial charge in [-0.1, -0.05) is 29.8 Å². The molecular weight excluding hydrogens is 408 g/mol. The number of nitrogens with zero attached hydrogens (tertiary/aromatic N) is 6. The quantitative estimate of drug-likeness (QED) is 0.414. The average Bonchev–Trinajstić information content (AvgIpc) is 3.30. The summed E-state index contributed by atoms with van der Waals surface area (Å²) in [6.45, 7) is 9.16. The summed E-state index contributed by atoms with van der Waals surface area (Å²) in [4.78, 5) is 31.1. The number of imidazole rings is 1. The van der Waals surface area contributed by atoms with Gasteiger partial charge in [-0.05, 0) is 39.3 Å². The molecule has 0 aliphatic rings. The van der Waals surface area contributed by atoms with Crippen molar-refractivity contribution in [2.24, 2.45) is 7.05 Å². The number of benzene rings is 1. The topological polar surface area (TPSA) is 88.9 Å². The summed E-state index contributed by atoms with van der Waals surface area (Å²) in [6, 6.07) is 10.1. The average molecular weight is 437 g/mol. The molecule has 3 heterocycles. The van der Waals surface area contributed by atoms with E-state index in [0.29, 0.717) is 30.3 Å². The van der Waals surface area contributed by atoms with E-state index in [9.17, 15) is 9.59 Å². The minimum Gasteiger partial charge on any atom is -0.380 e. The normalized spacial score (nSPS) is 11.5. The van der Waals surface area contributed by atoms with Gasteiger partial charge in [0.15, 0.2) is 11.2 Å². The summed E-state index contributed by atoms with van der Waals surface area (Å²) in [5, 5.41) is 4.57. The number of hydrogen-bond acceptors (Lipinski definition) is 5. The van der Waals surface area contributed by atoms with Gasteiger partial charge in [0.1, 0.15) is 0 Å². The summed E-state index contributed by atoms with van der Waals surface area (Å²) in [6.07, 6.45) is 0. The molecule has 9 nitrogen and oxygen atoms in total. The number of rotatable bonds is 7. The van der Waals surface area contributed by atoms with E-state index in [2.05, 4.69) is 5.10 Å². The van der Waals surface area contributed by atoms with Crippen molar-refractivity contribution in [3.8, 4) is 5.95 Å². The van der Waals surface area contributed by atoms with Gasteiger partial charge in [0.2, 0.25) is 5.95 Å². The van der Waals surface area contributed by atoms with Gasteiger partial charge in [0.25, 0.3) is 5.56 Å². The Hall–Kier alpha value is -3.46. The van der Waals surface area contributed by atoms with Gasteiger partial charge in [0.05, 0.1) is 25.4 Å². The maximum absolute atomic E-state index is 13.5. The lowest BCUT2D eigenvalue weighted by Crippen LogP contribution is -2.40. The van der Waals surface area contributed by atoms with Crippen LogP contribution in [-0.2, 0) is 24.9 Å². The summed E-state index contributed by atoms with van der Waals surface area (Å²) in [5.41, 5.74) is 3.82. The fourth-order valence-electron chi connectivity index (χ4n) is 3.88. The van der Waals surface area contributed by atoms with Gasteiger partial charge < -0.3 is 4.74 Å². The molecule has 4 rings (SSSR count). The van der Waals surface area contributed by atoms with E-state index in [-0.39, 0.29) is 18.7 Å². The molecule has 32 heavy (non-hydrogen) atoms. The van der Waals surface area contributed by atoms with Crippen LogP contribution < -0.4 is 11.2 Å². The predicted octanol–water partition coefficient (Wildman–Crippen LogP) is 2.09. The molecule has 0 fully saturated rings. The number of hydrogen-bond donors (Lipinski definition) is 0. The molecular formula is C23H28N6O3. The molecule has 1 aromatic carbocycles. The molecule has 0 aliphatic carbocycles. The highest BCUT2D eigenvalue weighted by Gasteiger charge is 2.22. The van der Waals surface area contributed by atoms with Crippen LogP contribution in [-0.4, -0.2) is 41.7 Å². The van der Waals surface area contributed by atoms with Crippen molar-refractivity contribution in [2.75, 3.05) is 13.2 Å². The molecule has 0 saturated heterocycles. The lowest BCUT2D eigenvalue weighted by molar-refractivity contribution is 0.137. The van der Waals surface area contributed by atoms with Crippen LogP contribution in [0.25, 0.3) is 17.1 Å². The second-order valence-electron chi connectivity index (χ2n) is 7.99. The third kappa shape index (κ3) is 3.80. The highest BCUT2D eigenvalue weighted by molar-refractivity contribution is 5.73. The lowest BCUT2D eigenvalue weighted by atomic mass is 10.1. The second-order valence-corrected chi connectivity index (χ2v) is 7.99. The van der Waals surface area contributed by atoms with Crippen molar-refractivity contribution in [3.05, 3.63) is 73.7 Å². The predicted molar refractivity (Wildman–Crippen MR) is 123 cm³/mol. The van der Waals surface area contributed by atoms with E-state index < -0.39 is 5.69 Å². The minimum absolute atomic E-state index is 0.181. The Bertz CT molecular complexity index is 1390. The third-order valence-corrected chi connectivity index (χ3v) is 5.54. The van der Waals surface area contributed by atoms with Crippen LogP contribution in [0.3, 0.4) is 0 Å². The zero-order valence-corrected chi connectivity index (χ0v) is 19.1. The van der Waals surface area contributed by atoms with E-state index in [0.717, 1.165) is 22.5 Å². The van der Waals surface area contributed by atoms with E-state index in [1.165, 1.54) is 9.13 Å². The molecule has 0 spiro atoms. The van der Waals surface area contributed by atoms with Crippen molar-refractivity contribution in [3.63, 3.8) is 0 Å². The summed E-state index contributed by atoms with van der Waals surface area (Å²) >= 11 is 0. The smallest absolute Gasteiger partial charge is 0.332 e. The molecule has 0 N–H and O–H groups in total. The third-order valence-electron chi connectivity index (χ3n) is 5.54. The standard InChI is InChI=1S/C23H28N6O3/c1-6-32-12-11-27-21(30)19-20(26(5)23(27)31)24-22(29-17(4)13-16(3)25-29)28(19)14-18-9-7-15(2)8-10-18/h7-10,13H,6,11-12,14H2,1-5H3. The highest BCUT2D eigenvalue weighted by atomic mass is 16.5. The summed E-state index contributed by atoms with van der Waals surface area (Å²) < 4.78 is 11.6. The molecule has 168 valence electrons. The molecule has 3 aromatic heterocycles. The van der Waals surface area contributed by atoms with Crippen LogP contribution in [0.1, 0.15) is 29.4 Å². The van der Waals surface area contributed by atoms with Crippen LogP contribution in [0.2, 0.25) is 0 Å². The van der Waals surface area contributed by atoms with Gasteiger partial charge in [-0.2, -0.15) is 10.1 Å². The van der Waals surface area contributed by atoms with Gasteiger partial charge in [-0.3, -0.25) is 18.5 Å². The molecule has 0 radical (unpaired) electrons. The molecule has 0 unspecified atom stereocenters. The maximum Gasteiger partial charge on any atom is 0.332 e. The number of ether oxygens (including phenoxy) is 1. The molecule has 0 saturated carbocycles. The van der Waals surface area contributed by atoms with E-state index in [4.69, 9.17) is 9.72 Å². The van der Waals surface area contributed by atoms with Gasteiger partial charge >= 0.3 is 5.69 Å². The van der Waals surface area contributed by atoms with Crippen molar-refractivity contribution < 1.29 is 4.74 Å². The molecule has 0 amide bonds. The fraction of sp³-hybridized carbons (Fsp3) is 0.391. The van der Waals surface area contributed by atoms with Crippen LogP contribution in [0.4, 0.5) is 0 Å². The molecule has 9 heteroatoms. The molecule has 0 aliphatic heterocycles. The SMILES string of the molecule is CCOCCn1c(=O)c2c(nc(-n3nc(C)cc3C)n2Cc2ccc(C)cc2)n(C)c1=O. The Morgan fingerprint density at radius 3 is 2.38 bits per heavy atom. The van der Waals surface area contributed by atoms with E-state index in [1.54, 1.807) is 11.7 Å². The molecule has 4 aromatic rings. The van der Waals surface area contributed by atoms with Gasteiger partial charge in [-0.25, -0.2) is 9.48 Å². The van der Waals surface area contributed by atoms with Crippen LogP contribution in [0, 0.1) is 20.8 Å². The lowest BCUT2D eigenvalue weighted by Gasteiger charge is -2.12. The second kappa shape index (κ2) is 8.58. The van der Waals surface area contributed by atoms with Crippen LogP contribution in [0.5, 0.6) is 0 Å². The Balaban J connectivity index is 2.00. The Labute approximate surface area is 185 Å². The molecule has 0 atom stereocenters. The fourth-order valence-corrected chi connectivity index (χ4v) is 3.88. The van der Waals surface area contributed by atoms with Gasteiger partial charge in [-0.15, -0.1) is 0 Å². The zero-order chi connectivity index (χ0) is 23.0. The van der Waals surface area contributed by atoms with E-state index in [1.807, 2.05) is 62.6 Å². The number of aromatic nitrogens is 6. The van der Waals surface area contributed by atoms with Crippen molar-refractivity contribution in [1.29, 1.82) is 0 Å². The number of fused-ring (bicyclic) bond motifs is 1. The van der Waals surface area contributed by atoms with Crippen LogP contribution in [0.15, 0.2) is 39.9 Å². The Kier molecular flexibility index (Phi) is 5.84. The summed E-state index contributed by atoms with van der Waals surface area (Å²) in [7, 11) is 1.63. The minimum atomic E-state index is -0.415. The Morgan fingerprint density at radius 1 is 1.03 bits per heavy atom. The first-order valence-corrected chi connectivity index (χ1v) is 10.7. The van der Waals surface area contributed by atoms with Crippen molar-refractivity contribution >= 4 is 11.2 Å². The first-order chi connectivity index (χ1) is 15.3. The first kappa shape index (κ1) is 21.8.